The van der Waals surface area contributed by atoms with Crippen LogP contribution in [0.25, 0.3) is 0 Å². The SMILES string of the molecule is CONC(=O)c1cccc(OCC2CCCO2)c1. The predicted molar refractivity (Wildman–Crippen MR) is 65.4 cm³/mol. The van der Waals surface area contributed by atoms with E-state index in [1.54, 1.807) is 18.2 Å². The number of hydroxylamine groups is 1. The highest BCUT2D eigenvalue weighted by Crippen LogP contribution is 2.17. The molecule has 1 aliphatic rings. The van der Waals surface area contributed by atoms with Crippen LogP contribution in [-0.4, -0.2) is 32.3 Å². The van der Waals surface area contributed by atoms with Gasteiger partial charge in [0, 0.05) is 12.2 Å². The number of rotatable bonds is 5. The molecule has 0 spiro atoms. The van der Waals surface area contributed by atoms with Crippen molar-refractivity contribution >= 4 is 5.91 Å². The maximum atomic E-state index is 11.5. The molecule has 5 nitrogen and oxygen atoms in total. The monoisotopic (exact) mass is 251 g/mol. The maximum absolute atomic E-state index is 11.5. The molecule has 1 atom stereocenters. The zero-order valence-electron chi connectivity index (χ0n) is 10.3. The van der Waals surface area contributed by atoms with E-state index in [0.717, 1.165) is 19.4 Å². The molecule has 1 unspecified atom stereocenters. The van der Waals surface area contributed by atoms with Crippen molar-refractivity contribution in [2.45, 2.75) is 18.9 Å². The Kier molecular flexibility index (Phi) is 4.55. The van der Waals surface area contributed by atoms with Gasteiger partial charge in [0.1, 0.15) is 12.4 Å². The van der Waals surface area contributed by atoms with Crippen LogP contribution in [0, 0.1) is 0 Å². The quantitative estimate of drug-likeness (QED) is 0.806. The molecule has 5 heteroatoms. The first-order valence-corrected chi connectivity index (χ1v) is 5.97. The van der Waals surface area contributed by atoms with E-state index in [0.29, 0.717) is 17.9 Å². The van der Waals surface area contributed by atoms with Crippen LogP contribution in [0.2, 0.25) is 0 Å². The van der Waals surface area contributed by atoms with E-state index in [2.05, 4.69) is 10.3 Å². The minimum absolute atomic E-state index is 0.168. The highest BCUT2D eigenvalue weighted by Gasteiger charge is 2.16. The van der Waals surface area contributed by atoms with Crippen LogP contribution in [0.3, 0.4) is 0 Å². The van der Waals surface area contributed by atoms with Crippen molar-refractivity contribution in [2.24, 2.45) is 0 Å². The Bertz CT molecular complexity index is 402. The molecule has 1 amide bonds. The minimum Gasteiger partial charge on any atom is -0.491 e. The van der Waals surface area contributed by atoms with Gasteiger partial charge in [-0.05, 0) is 31.0 Å². The third-order valence-electron chi connectivity index (χ3n) is 2.75. The summed E-state index contributed by atoms with van der Waals surface area (Å²) in [5, 5.41) is 0. The summed E-state index contributed by atoms with van der Waals surface area (Å²) in [7, 11) is 1.40. The van der Waals surface area contributed by atoms with Crippen molar-refractivity contribution in [1.29, 1.82) is 0 Å². The van der Waals surface area contributed by atoms with Gasteiger partial charge in [-0.2, -0.15) is 0 Å². The number of carbonyl (C=O) groups is 1. The number of hydrogen-bond donors (Lipinski definition) is 1. The van der Waals surface area contributed by atoms with Gasteiger partial charge in [-0.1, -0.05) is 6.07 Å². The average molecular weight is 251 g/mol. The van der Waals surface area contributed by atoms with E-state index in [1.165, 1.54) is 7.11 Å². The molecule has 1 fully saturated rings. The molecule has 1 aromatic carbocycles. The average Bonchev–Trinajstić information content (AvgIpc) is 2.90. The predicted octanol–water partition coefficient (Wildman–Crippen LogP) is 1.54. The van der Waals surface area contributed by atoms with E-state index in [1.807, 2.05) is 6.07 Å². The molecule has 1 aliphatic heterocycles. The summed E-state index contributed by atoms with van der Waals surface area (Å²) in [6.07, 6.45) is 2.29. The lowest BCUT2D eigenvalue weighted by Crippen LogP contribution is -2.22. The summed E-state index contributed by atoms with van der Waals surface area (Å²) in [5.41, 5.74) is 2.77. The molecular formula is C13H17NO4. The molecule has 0 saturated carbocycles. The zero-order valence-corrected chi connectivity index (χ0v) is 10.3. The molecule has 2 rings (SSSR count). The molecule has 0 aliphatic carbocycles. The second-order valence-electron chi connectivity index (χ2n) is 4.11. The largest absolute Gasteiger partial charge is 0.491 e. The summed E-state index contributed by atoms with van der Waals surface area (Å²) in [6, 6.07) is 6.98. The molecular weight excluding hydrogens is 234 g/mol. The number of ether oxygens (including phenoxy) is 2. The molecule has 1 saturated heterocycles. The molecule has 18 heavy (non-hydrogen) atoms. The van der Waals surface area contributed by atoms with Crippen molar-refractivity contribution < 1.29 is 19.1 Å². The second-order valence-corrected chi connectivity index (χ2v) is 4.11. The van der Waals surface area contributed by atoms with Crippen LogP contribution in [0.15, 0.2) is 24.3 Å². The molecule has 0 radical (unpaired) electrons. The second kappa shape index (κ2) is 6.37. The Morgan fingerprint density at radius 3 is 3.17 bits per heavy atom. The van der Waals surface area contributed by atoms with Crippen molar-refractivity contribution in [3.05, 3.63) is 29.8 Å². The fourth-order valence-electron chi connectivity index (χ4n) is 1.84. The fraction of sp³-hybridized carbons (Fsp3) is 0.462. The van der Waals surface area contributed by atoms with Gasteiger partial charge >= 0.3 is 0 Å². The summed E-state index contributed by atoms with van der Waals surface area (Å²) in [4.78, 5) is 16.1. The smallest absolute Gasteiger partial charge is 0.274 e. The Morgan fingerprint density at radius 2 is 2.44 bits per heavy atom. The van der Waals surface area contributed by atoms with Crippen LogP contribution in [0.1, 0.15) is 23.2 Å². The molecule has 0 aromatic heterocycles. The summed E-state index contributed by atoms with van der Waals surface area (Å²) in [6.45, 7) is 1.33. The zero-order chi connectivity index (χ0) is 12.8. The first-order valence-electron chi connectivity index (χ1n) is 5.97. The summed E-state index contributed by atoms with van der Waals surface area (Å²) < 4.78 is 11.1. The van der Waals surface area contributed by atoms with Crippen molar-refractivity contribution in [1.82, 2.24) is 5.48 Å². The third-order valence-corrected chi connectivity index (χ3v) is 2.75. The van der Waals surface area contributed by atoms with Crippen LogP contribution in [0.4, 0.5) is 0 Å². The third kappa shape index (κ3) is 3.45. The Morgan fingerprint density at radius 1 is 1.56 bits per heavy atom. The number of amides is 1. The van der Waals surface area contributed by atoms with E-state index in [-0.39, 0.29) is 12.0 Å². The van der Waals surface area contributed by atoms with Crippen LogP contribution >= 0.6 is 0 Å². The van der Waals surface area contributed by atoms with Gasteiger partial charge in [0.05, 0.1) is 13.2 Å². The first kappa shape index (κ1) is 12.9. The molecule has 98 valence electrons. The van der Waals surface area contributed by atoms with Crippen molar-refractivity contribution in [3.63, 3.8) is 0 Å². The highest BCUT2D eigenvalue weighted by molar-refractivity contribution is 5.93. The maximum Gasteiger partial charge on any atom is 0.274 e. The lowest BCUT2D eigenvalue weighted by molar-refractivity contribution is 0.0536. The van der Waals surface area contributed by atoms with Gasteiger partial charge in [0.2, 0.25) is 0 Å². The van der Waals surface area contributed by atoms with E-state index in [4.69, 9.17) is 9.47 Å². The number of nitrogens with one attached hydrogen (secondary N) is 1. The lowest BCUT2D eigenvalue weighted by atomic mass is 10.2. The number of carbonyl (C=O) groups excluding carboxylic acids is 1. The van der Waals surface area contributed by atoms with Crippen LogP contribution < -0.4 is 10.2 Å². The van der Waals surface area contributed by atoms with Crippen LogP contribution in [0.5, 0.6) is 5.75 Å². The van der Waals surface area contributed by atoms with Gasteiger partial charge < -0.3 is 9.47 Å². The van der Waals surface area contributed by atoms with Gasteiger partial charge in [-0.3, -0.25) is 9.63 Å². The standard InChI is InChI=1S/C13H17NO4/c1-16-14-13(15)10-4-2-5-11(8-10)18-9-12-6-3-7-17-12/h2,4-5,8,12H,3,6-7,9H2,1H3,(H,14,15). The van der Waals surface area contributed by atoms with E-state index < -0.39 is 0 Å². The van der Waals surface area contributed by atoms with Gasteiger partial charge in [0.15, 0.2) is 0 Å². The van der Waals surface area contributed by atoms with Gasteiger partial charge in [0.25, 0.3) is 5.91 Å². The minimum atomic E-state index is -0.292. The molecule has 0 bridgehead atoms. The topological polar surface area (TPSA) is 56.8 Å². The summed E-state index contributed by atoms with van der Waals surface area (Å²) in [5.74, 6) is 0.370. The molecule has 1 aromatic rings. The Balaban J connectivity index is 1.91. The Hall–Kier alpha value is -1.59. The molecule has 1 N–H and O–H groups in total. The van der Waals surface area contributed by atoms with E-state index >= 15 is 0 Å². The van der Waals surface area contributed by atoms with Gasteiger partial charge in [-0.15, -0.1) is 0 Å². The van der Waals surface area contributed by atoms with Crippen LogP contribution in [-0.2, 0) is 9.57 Å². The first-order chi connectivity index (χ1) is 8.79. The van der Waals surface area contributed by atoms with Gasteiger partial charge in [-0.25, -0.2) is 5.48 Å². The van der Waals surface area contributed by atoms with E-state index in [9.17, 15) is 4.79 Å². The van der Waals surface area contributed by atoms with Crippen molar-refractivity contribution in [2.75, 3.05) is 20.3 Å². The van der Waals surface area contributed by atoms with Crippen molar-refractivity contribution in [3.8, 4) is 5.75 Å². The number of hydrogen-bond acceptors (Lipinski definition) is 4. The lowest BCUT2D eigenvalue weighted by Gasteiger charge is -2.12. The fourth-order valence-corrected chi connectivity index (χ4v) is 1.84. The number of benzene rings is 1. The normalized spacial score (nSPS) is 18.6. The highest BCUT2D eigenvalue weighted by atomic mass is 16.6. The molecule has 1 heterocycles. The summed E-state index contributed by atoms with van der Waals surface area (Å²) >= 11 is 0. The Labute approximate surface area is 106 Å².